The number of carbonyl (C=O) groups excluding carboxylic acids is 1. The van der Waals surface area contributed by atoms with Gasteiger partial charge in [0.1, 0.15) is 23.0 Å². The second kappa shape index (κ2) is 9.69. The van der Waals surface area contributed by atoms with Crippen LogP contribution in [0.15, 0.2) is 65.3 Å². The summed E-state index contributed by atoms with van der Waals surface area (Å²) in [6, 6.07) is 12.9. The highest BCUT2D eigenvalue weighted by molar-refractivity contribution is 6.30. The van der Waals surface area contributed by atoms with Crippen molar-refractivity contribution in [1.29, 1.82) is 0 Å². The molecule has 0 bridgehead atoms. The number of hydrogen-bond donors (Lipinski definition) is 1. The number of carbonyl (C=O) groups is 1. The molecule has 4 aromatic rings. The molecule has 4 nitrogen and oxygen atoms in total. The number of fused-ring (bicyclic) bond motifs is 1. The normalized spacial score (nSPS) is 11.6. The van der Waals surface area contributed by atoms with Gasteiger partial charge in [0.2, 0.25) is 5.91 Å². The van der Waals surface area contributed by atoms with E-state index in [0.717, 1.165) is 34.2 Å². The fourth-order valence-electron chi connectivity index (χ4n) is 3.93. The van der Waals surface area contributed by atoms with E-state index in [4.69, 9.17) is 20.8 Å². The van der Waals surface area contributed by atoms with Crippen molar-refractivity contribution in [2.75, 3.05) is 7.11 Å². The van der Waals surface area contributed by atoms with Crippen LogP contribution in [-0.4, -0.2) is 13.0 Å². The number of rotatable bonds is 6. The van der Waals surface area contributed by atoms with E-state index in [1.165, 1.54) is 12.1 Å². The molecule has 1 amide bonds. The largest absolute Gasteiger partial charge is 0.496 e. The Labute approximate surface area is 200 Å². The molecule has 4 rings (SSSR count). The number of furan rings is 1. The Balaban J connectivity index is 1.69. The van der Waals surface area contributed by atoms with Gasteiger partial charge >= 0.3 is 0 Å². The van der Waals surface area contributed by atoms with Crippen molar-refractivity contribution < 1.29 is 22.7 Å². The molecule has 0 aliphatic carbocycles. The smallest absolute Gasteiger partial charge is 0.244 e. The third-order valence-electron chi connectivity index (χ3n) is 5.68. The van der Waals surface area contributed by atoms with Crippen molar-refractivity contribution in [2.24, 2.45) is 0 Å². The van der Waals surface area contributed by atoms with E-state index in [-0.39, 0.29) is 12.1 Å². The van der Waals surface area contributed by atoms with Crippen LogP contribution >= 0.6 is 11.6 Å². The molecular weight excluding hydrogens is 460 g/mol. The molecule has 1 aromatic heterocycles. The lowest BCUT2D eigenvalue weighted by Gasteiger charge is -2.13. The number of allylic oxidation sites excluding steroid dienone is 1. The van der Waals surface area contributed by atoms with E-state index < -0.39 is 17.5 Å². The maximum atomic E-state index is 13.8. The van der Waals surface area contributed by atoms with Gasteiger partial charge in [-0.2, -0.15) is 0 Å². The standard InChI is InChI=1S/C27H22ClF2NO3/c1-15(11-25(32)31-13-21-23(29)5-4-6-24(21)30)19-12-20-22(17-7-9-18(28)10-8-17)14-34-27(20)16(2)26(19)33-3/h4-12,14H,13H2,1-3H3,(H,31,32)/b15-11+. The Morgan fingerprint density at radius 1 is 1.15 bits per heavy atom. The number of benzene rings is 3. The van der Waals surface area contributed by atoms with Gasteiger partial charge in [-0.3, -0.25) is 4.79 Å². The van der Waals surface area contributed by atoms with Crippen LogP contribution < -0.4 is 10.1 Å². The lowest BCUT2D eigenvalue weighted by molar-refractivity contribution is -0.116. The van der Waals surface area contributed by atoms with Gasteiger partial charge in [-0.05, 0) is 55.3 Å². The molecule has 0 aliphatic rings. The number of nitrogens with one attached hydrogen (secondary N) is 1. The lowest BCUT2D eigenvalue weighted by Crippen LogP contribution is -2.22. The molecule has 3 aromatic carbocycles. The van der Waals surface area contributed by atoms with Gasteiger partial charge in [0.05, 0.1) is 13.4 Å². The van der Waals surface area contributed by atoms with Crippen molar-refractivity contribution in [3.05, 3.63) is 94.2 Å². The summed E-state index contributed by atoms with van der Waals surface area (Å²) in [4.78, 5) is 12.5. The van der Waals surface area contributed by atoms with Crippen LogP contribution in [0.3, 0.4) is 0 Å². The molecule has 7 heteroatoms. The highest BCUT2D eigenvalue weighted by atomic mass is 35.5. The summed E-state index contributed by atoms with van der Waals surface area (Å²) in [5, 5.41) is 4.03. The highest BCUT2D eigenvalue weighted by Gasteiger charge is 2.19. The fourth-order valence-corrected chi connectivity index (χ4v) is 4.05. The molecule has 34 heavy (non-hydrogen) atoms. The van der Waals surface area contributed by atoms with Gasteiger partial charge in [0.25, 0.3) is 0 Å². The number of methoxy groups -OCH3 is 1. The first-order valence-electron chi connectivity index (χ1n) is 10.5. The quantitative estimate of drug-likeness (QED) is 0.300. The topological polar surface area (TPSA) is 51.5 Å². The molecule has 0 spiro atoms. The monoisotopic (exact) mass is 481 g/mol. The minimum atomic E-state index is -0.710. The van der Waals surface area contributed by atoms with Crippen LogP contribution in [0.1, 0.15) is 23.6 Å². The van der Waals surface area contributed by atoms with Crippen molar-refractivity contribution in [1.82, 2.24) is 5.32 Å². The predicted molar refractivity (Wildman–Crippen MR) is 130 cm³/mol. The first kappa shape index (κ1) is 23.5. The van der Waals surface area contributed by atoms with E-state index in [1.807, 2.05) is 25.1 Å². The Kier molecular flexibility index (Phi) is 6.70. The summed E-state index contributed by atoms with van der Waals surface area (Å²) in [7, 11) is 1.55. The molecule has 0 aliphatic heterocycles. The number of aryl methyl sites for hydroxylation is 1. The molecule has 0 saturated carbocycles. The summed E-state index contributed by atoms with van der Waals surface area (Å²) in [6.45, 7) is 3.39. The van der Waals surface area contributed by atoms with E-state index >= 15 is 0 Å². The lowest BCUT2D eigenvalue weighted by atomic mass is 9.96. The number of amides is 1. The molecule has 1 N–H and O–H groups in total. The third kappa shape index (κ3) is 4.54. The zero-order chi connectivity index (χ0) is 24.4. The molecule has 0 saturated heterocycles. The first-order chi connectivity index (χ1) is 16.3. The van der Waals surface area contributed by atoms with Gasteiger partial charge in [0, 0.05) is 45.3 Å². The molecule has 0 unspecified atom stereocenters. The zero-order valence-corrected chi connectivity index (χ0v) is 19.6. The van der Waals surface area contributed by atoms with E-state index in [9.17, 15) is 13.6 Å². The van der Waals surface area contributed by atoms with Crippen molar-refractivity contribution in [3.63, 3.8) is 0 Å². The summed E-state index contributed by atoms with van der Waals surface area (Å²) < 4.78 is 39.2. The minimum absolute atomic E-state index is 0.192. The van der Waals surface area contributed by atoms with Crippen LogP contribution in [0.4, 0.5) is 8.78 Å². The molecule has 0 fully saturated rings. The summed E-state index contributed by atoms with van der Waals surface area (Å²) in [5.41, 5.74) is 4.42. The first-order valence-corrected chi connectivity index (χ1v) is 10.9. The molecular formula is C27H22ClF2NO3. The van der Waals surface area contributed by atoms with Crippen LogP contribution in [-0.2, 0) is 11.3 Å². The van der Waals surface area contributed by atoms with E-state index in [2.05, 4.69) is 5.32 Å². The SMILES string of the molecule is COc1c(/C(C)=C/C(=O)NCc2c(F)cccc2F)cc2c(-c3ccc(Cl)cc3)coc2c1C. The van der Waals surface area contributed by atoms with Gasteiger partial charge in [0.15, 0.2) is 0 Å². The van der Waals surface area contributed by atoms with Crippen molar-refractivity contribution in [3.8, 4) is 16.9 Å². The van der Waals surface area contributed by atoms with Crippen LogP contribution in [0, 0.1) is 18.6 Å². The molecule has 0 atom stereocenters. The van der Waals surface area contributed by atoms with Crippen molar-refractivity contribution >= 4 is 34.1 Å². The van der Waals surface area contributed by atoms with Gasteiger partial charge in [-0.1, -0.05) is 29.8 Å². The Morgan fingerprint density at radius 3 is 2.47 bits per heavy atom. The maximum absolute atomic E-state index is 13.8. The van der Waals surface area contributed by atoms with Crippen LogP contribution in [0.25, 0.3) is 27.7 Å². The third-order valence-corrected chi connectivity index (χ3v) is 5.93. The van der Waals surface area contributed by atoms with E-state index in [0.29, 0.717) is 27.5 Å². The second-order valence-electron chi connectivity index (χ2n) is 7.86. The fraction of sp³-hybridized carbons (Fsp3) is 0.148. The molecule has 0 radical (unpaired) electrons. The van der Waals surface area contributed by atoms with Crippen LogP contribution in [0.5, 0.6) is 5.75 Å². The number of halogens is 3. The number of ether oxygens (including phenoxy) is 1. The Hall–Kier alpha value is -3.64. The maximum Gasteiger partial charge on any atom is 0.244 e. The Bertz CT molecular complexity index is 1390. The minimum Gasteiger partial charge on any atom is -0.496 e. The number of hydrogen-bond acceptors (Lipinski definition) is 3. The predicted octanol–water partition coefficient (Wildman–Crippen LogP) is 7.07. The summed E-state index contributed by atoms with van der Waals surface area (Å²) in [6.07, 6.45) is 3.06. The van der Waals surface area contributed by atoms with Gasteiger partial charge < -0.3 is 14.5 Å². The van der Waals surface area contributed by atoms with Crippen molar-refractivity contribution in [2.45, 2.75) is 20.4 Å². The average Bonchev–Trinajstić information content (AvgIpc) is 3.23. The Morgan fingerprint density at radius 2 is 1.82 bits per heavy atom. The summed E-state index contributed by atoms with van der Waals surface area (Å²) in [5.74, 6) is -1.33. The molecule has 1 heterocycles. The average molecular weight is 482 g/mol. The zero-order valence-electron chi connectivity index (χ0n) is 18.8. The van der Waals surface area contributed by atoms with Gasteiger partial charge in [-0.25, -0.2) is 8.78 Å². The van der Waals surface area contributed by atoms with E-state index in [1.54, 1.807) is 32.4 Å². The van der Waals surface area contributed by atoms with Crippen LogP contribution in [0.2, 0.25) is 5.02 Å². The molecule has 174 valence electrons. The second-order valence-corrected chi connectivity index (χ2v) is 8.30. The summed E-state index contributed by atoms with van der Waals surface area (Å²) >= 11 is 6.03. The van der Waals surface area contributed by atoms with Gasteiger partial charge in [-0.15, -0.1) is 0 Å². The highest BCUT2D eigenvalue weighted by Crippen LogP contribution is 2.40.